The van der Waals surface area contributed by atoms with Crippen LogP contribution in [0.4, 0.5) is 30.6 Å². The number of hydrogen-bond donors (Lipinski definition) is 8. The van der Waals surface area contributed by atoms with Gasteiger partial charge in [0.15, 0.2) is 0 Å². The zero-order valence-corrected chi connectivity index (χ0v) is 29.9. The number of azide groups is 2. The van der Waals surface area contributed by atoms with Gasteiger partial charge in [-0.1, -0.05) is 58.8 Å². The van der Waals surface area contributed by atoms with Gasteiger partial charge in [0.05, 0.1) is 0 Å². The molecule has 0 radical (unpaired) electrons. The minimum atomic E-state index is -0.946. The van der Waals surface area contributed by atoms with Crippen LogP contribution in [-0.2, 0) is 26.2 Å². The molecule has 22 nitrogen and oxygen atoms in total. The fourth-order valence-corrected chi connectivity index (χ4v) is 5.12. The van der Waals surface area contributed by atoms with E-state index in [0.29, 0.717) is 22.3 Å². The molecule has 22 heteroatoms. The second-order valence-corrected chi connectivity index (χ2v) is 12.1. The second-order valence-electron chi connectivity index (χ2n) is 12.1. The second kappa shape index (κ2) is 19.0. The molecule has 4 aromatic carbocycles. The topological polar surface area (TPSA) is 330 Å². The summed E-state index contributed by atoms with van der Waals surface area (Å²) in [7, 11) is 0. The Hall–Kier alpha value is -8.74. The highest BCUT2D eigenvalue weighted by Crippen LogP contribution is 2.20. The summed E-state index contributed by atoms with van der Waals surface area (Å²) in [6, 6.07) is 16.2. The maximum Gasteiger partial charge on any atom is 0.321 e. The van der Waals surface area contributed by atoms with Crippen molar-refractivity contribution >= 4 is 59.1 Å². The van der Waals surface area contributed by atoms with Crippen LogP contribution in [-0.4, -0.2) is 47.8 Å². The molecule has 0 fully saturated rings. The Balaban J connectivity index is 1.34. The van der Waals surface area contributed by atoms with Gasteiger partial charge in [0, 0.05) is 69.6 Å². The van der Waals surface area contributed by atoms with Crippen LogP contribution in [0.3, 0.4) is 0 Å². The molecule has 58 heavy (non-hydrogen) atoms. The third-order valence-electron chi connectivity index (χ3n) is 7.97. The highest BCUT2D eigenvalue weighted by atomic mass is 16.2. The fraction of sp³-hybridized carbons (Fsp3) is 0.111. The Kier molecular flexibility index (Phi) is 13.3. The van der Waals surface area contributed by atoms with Crippen LogP contribution in [0, 0.1) is 0 Å². The average Bonchev–Trinajstić information content (AvgIpc) is 3.21. The molecule has 0 saturated heterocycles. The lowest BCUT2D eigenvalue weighted by Crippen LogP contribution is -2.40. The quantitative estimate of drug-likeness (QED) is 0.0813. The third kappa shape index (κ3) is 11.6. The minimum absolute atomic E-state index is 0.0346. The third-order valence-corrected chi connectivity index (χ3v) is 7.97. The number of urea groups is 4. The zero-order valence-electron chi connectivity index (χ0n) is 29.9. The lowest BCUT2D eigenvalue weighted by Gasteiger charge is -2.11. The monoisotopic (exact) mass is 786 g/mol. The van der Waals surface area contributed by atoms with Gasteiger partial charge >= 0.3 is 24.1 Å². The summed E-state index contributed by atoms with van der Waals surface area (Å²) < 4.78 is 0. The summed E-state index contributed by atoms with van der Waals surface area (Å²) in [6.45, 7) is -0.139. The highest BCUT2D eigenvalue weighted by Gasteiger charge is 2.19. The molecule has 4 aromatic rings. The predicted molar refractivity (Wildman–Crippen MR) is 202 cm³/mol. The van der Waals surface area contributed by atoms with Crippen LogP contribution in [0.15, 0.2) is 95.2 Å². The van der Waals surface area contributed by atoms with Crippen molar-refractivity contribution in [3.8, 4) is 0 Å². The summed E-state index contributed by atoms with van der Waals surface area (Å²) in [4.78, 5) is 107. The Morgan fingerprint density at radius 1 is 0.379 bits per heavy atom. The van der Waals surface area contributed by atoms with E-state index in [9.17, 15) is 38.4 Å². The van der Waals surface area contributed by atoms with Crippen molar-refractivity contribution in [3.05, 3.63) is 150 Å². The summed E-state index contributed by atoms with van der Waals surface area (Å²) in [5, 5.41) is 25.3. The molecule has 8 N–H and O–H groups in total. The van der Waals surface area contributed by atoms with Gasteiger partial charge in [0.25, 0.3) is 23.6 Å². The van der Waals surface area contributed by atoms with Crippen molar-refractivity contribution in [2.75, 3.05) is 0 Å². The first-order valence-electron chi connectivity index (χ1n) is 16.8. The van der Waals surface area contributed by atoms with Crippen LogP contribution < -0.4 is 42.5 Å². The molecule has 0 unspecified atom stereocenters. The Morgan fingerprint density at radius 2 is 0.603 bits per heavy atom. The van der Waals surface area contributed by atoms with Crippen LogP contribution in [0.5, 0.6) is 0 Å². The molecule has 8 bridgehead atoms. The van der Waals surface area contributed by atoms with E-state index in [2.05, 4.69) is 62.6 Å². The smallest absolute Gasteiger partial charge is 0.321 e. The molecule has 4 heterocycles. The normalized spacial score (nSPS) is 14.6. The molecule has 8 rings (SSSR count). The molecular formula is C36H30N14O8. The van der Waals surface area contributed by atoms with Gasteiger partial charge in [-0.2, -0.15) is 0 Å². The summed E-state index contributed by atoms with van der Waals surface area (Å²) in [5.74, 6) is -3.79. The molecule has 4 aliphatic rings. The molecule has 12 amide bonds. The van der Waals surface area contributed by atoms with E-state index >= 15 is 0 Å². The largest absolute Gasteiger partial charge is 0.334 e. The van der Waals surface area contributed by atoms with Gasteiger partial charge in [0.1, 0.15) is 0 Å². The summed E-state index contributed by atoms with van der Waals surface area (Å²) in [5.41, 5.74) is 19.1. The Bertz CT molecular complexity index is 2110. The predicted octanol–water partition coefficient (Wildman–Crippen LogP) is 4.44. The standard InChI is InChI=1S/C36H30N14O8/c37-49-47-27-11-23-9-25(13-27)31(53)45-35(57)41-17-21-5-7-22(8-6-21)18-42-36(58)46-32(54)26-10-24(12-28(14-26)48-50-38)30(52)44-34(56)40-16-20-2-1-19(3-4-20)15-39-33(55)43-29(23)51/h1-14H,15-18H2,(H2,39,43,51,55)(H2,40,44,52,56)(H2,41,45,53,57)(H2,42,46,54,58). The molecule has 4 aliphatic heterocycles. The summed E-state index contributed by atoms with van der Waals surface area (Å²) >= 11 is 0. The number of imide groups is 4. The molecule has 0 atom stereocenters. The van der Waals surface area contributed by atoms with Crippen molar-refractivity contribution in [3.63, 3.8) is 0 Å². The number of nitrogens with zero attached hydrogens (tertiary/aromatic N) is 6. The maximum absolute atomic E-state index is 12.9. The van der Waals surface area contributed by atoms with E-state index < -0.39 is 47.8 Å². The first-order chi connectivity index (χ1) is 27.9. The maximum atomic E-state index is 12.9. The van der Waals surface area contributed by atoms with Crippen molar-refractivity contribution < 1.29 is 38.4 Å². The Morgan fingerprint density at radius 3 is 0.810 bits per heavy atom. The van der Waals surface area contributed by atoms with Crippen LogP contribution in [0.1, 0.15) is 63.7 Å². The number of carbonyl (C=O) groups excluding carboxylic acids is 8. The molecule has 0 aromatic heterocycles. The lowest BCUT2D eigenvalue weighted by atomic mass is 10.1. The first kappa shape index (κ1) is 40.4. The lowest BCUT2D eigenvalue weighted by molar-refractivity contribution is 0.0946. The van der Waals surface area contributed by atoms with Gasteiger partial charge in [-0.3, -0.25) is 40.4 Å². The summed E-state index contributed by atoms with van der Waals surface area (Å²) in [6.07, 6.45) is 0. The van der Waals surface area contributed by atoms with E-state index in [0.717, 1.165) is 36.4 Å². The van der Waals surface area contributed by atoms with Crippen molar-refractivity contribution in [2.45, 2.75) is 26.2 Å². The van der Waals surface area contributed by atoms with Crippen LogP contribution >= 0.6 is 0 Å². The van der Waals surface area contributed by atoms with E-state index in [1.165, 1.54) is 0 Å². The number of nitrogens with one attached hydrogen (secondary N) is 8. The van der Waals surface area contributed by atoms with Gasteiger partial charge < -0.3 is 21.3 Å². The molecular weight excluding hydrogens is 756 g/mol. The molecule has 0 spiro atoms. The zero-order chi connectivity index (χ0) is 41.6. The average molecular weight is 787 g/mol. The minimum Gasteiger partial charge on any atom is -0.334 e. The molecule has 292 valence electrons. The first-order valence-corrected chi connectivity index (χ1v) is 16.8. The number of hydrogen-bond acceptors (Lipinski definition) is 10. The van der Waals surface area contributed by atoms with Crippen LogP contribution in [0.2, 0.25) is 0 Å². The van der Waals surface area contributed by atoms with Gasteiger partial charge in [0.2, 0.25) is 0 Å². The molecule has 0 saturated carbocycles. The number of carbonyl (C=O) groups is 8. The number of amides is 12. The fourth-order valence-electron chi connectivity index (χ4n) is 5.12. The number of benzene rings is 4. The van der Waals surface area contributed by atoms with E-state index in [1.54, 1.807) is 48.5 Å². The van der Waals surface area contributed by atoms with Crippen molar-refractivity contribution in [2.24, 2.45) is 10.2 Å². The van der Waals surface area contributed by atoms with E-state index in [1.807, 2.05) is 0 Å². The molecule has 0 aliphatic carbocycles. The SMILES string of the molecule is [N-]=[N+]=Nc1cc2cc(c1)C(=O)NC(=O)NCc1ccc(cc1)CNC(=O)NC(=O)c1cc(N=[N+]=[N-])cc(c1)C(=O)NC(=O)NCc1ccc(cc1)CNC(=O)NC2=O. The van der Waals surface area contributed by atoms with E-state index in [-0.39, 0.29) is 59.8 Å². The Labute approximate surface area is 326 Å². The number of rotatable bonds is 2. The van der Waals surface area contributed by atoms with Crippen molar-refractivity contribution in [1.82, 2.24) is 42.5 Å². The van der Waals surface area contributed by atoms with Crippen LogP contribution in [0.25, 0.3) is 20.9 Å². The van der Waals surface area contributed by atoms with E-state index in [4.69, 9.17) is 11.1 Å². The van der Waals surface area contributed by atoms with Crippen molar-refractivity contribution in [1.29, 1.82) is 0 Å². The highest BCUT2D eigenvalue weighted by molar-refractivity contribution is 6.10. The van der Waals surface area contributed by atoms with Gasteiger partial charge in [-0.05, 0) is 69.7 Å². The van der Waals surface area contributed by atoms with Gasteiger partial charge in [-0.15, -0.1) is 0 Å². The van der Waals surface area contributed by atoms with Gasteiger partial charge in [-0.25, -0.2) is 19.2 Å².